The van der Waals surface area contributed by atoms with Gasteiger partial charge in [0.1, 0.15) is 28.9 Å². The normalized spacial score (nSPS) is 11.5. The first-order valence-corrected chi connectivity index (χ1v) is 7.17. The minimum Gasteiger partial charge on any atom is -0.508 e. The van der Waals surface area contributed by atoms with Gasteiger partial charge in [-0.15, -0.1) is 0 Å². The Kier molecular flexibility index (Phi) is 4.90. The van der Waals surface area contributed by atoms with Crippen molar-refractivity contribution in [1.29, 1.82) is 5.26 Å². The molecule has 1 aromatic carbocycles. The van der Waals surface area contributed by atoms with Crippen LogP contribution in [0.3, 0.4) is 0 Å². The molecule has 0 aliphatic heterocycles. The van der Waals surface area contributed by atoms with Crippen molar-refractivity contribution in [2.45, 2.75) is 19.3 Å². The lowest BCUT2D eigenvalue weighted by molar-refractivity contribution is -0.137. The molecule has 0 amide bonds. The zero-order valence-corrected chi connectivity index (χ0v) is 13.3. The minimum absolute atomic E-state index is 0.00482. The summed E-state index contributed by atoms with van der Waals surface area (Å²) in [5.74, 6) is -0.882. The molecule has 0 fully saturated rings. The highest BCUT2D eigenvalue weighted by molar-refractivity contribution is 5.80. The van der Waals surface area contributed by atoms with E-state index in [-0.39, 0.29) is 29.5 Å². The number of carboxylic acids is 1. The Hall–Kier alpha value is -3.27. The number of methoxy groups -OCH3 is 1. The molecule has 1 atom stereocenters. The molecule has 0 radical (unpaired) electrons. The SMILES string of the molecule is COc1ccc(O)cc1-c1cc(C(C)CC(=O)O)nc(N)c1C#N. The minimum atomic E-state index is -0.955. The van der Waals surface area contributed by atoms with E-state index in [1.54, 1.807) is 19.1 Å². The maximum atomic E-state index is 10.9. The topological polar surface area (TPSA) is 129 Å². The smallest absolute Gasteiger partial charge is 0.304 e. The molecule has 7 nitrogen and oxygen atoms in total. The van der Waals surface area contributed by atoms with E-state index >= 15 is 0 Å². The molecule has 124 valence electrons. The number of ether oxygens (including phenoxy) is 1. The second-order valence-electron chi connectivity index (χ2n) is 5.35. The number of phenolic OH excluding ortho intramolecular Hbond substituents is 1. The predicted octanol–water partition coefficient (Wildman–Crippen LogP) is 2.49. The number of benzene rings is 1. The number of pyridine rings is 1. The van der Waals surface area contributed by atoms with Gasteiger partial charge in [-0.2, -0.15) is 5.26 Å². The summed E-state index contributed by atoms with van der Waals surface area (Å²) in [7, 11) is 1.47. The van der Waals surface area contributed by atoms with Crippen LogP contribution in [0.2, 0.25) is 0 Å². The number of carboxylic acid groups (broad SMARTS) is 1. The number of hydrogen-bond donors (Lipinski definition) is 3. The summed E-state index contributed by atoms with van der Waals surface area (Å²) in [6.45, 7) is 1.71. The van der Waals surface area contributed by atoms with Crippen molar-refractivity contribution >= 4 is 11.8 Å². The van der Waals surface area contributed by atoms with Crippen molar-refractivity contribution in [1.82, 2.24) is 4.98 Å². The molecule has 0 saturated heterocycles. The number of rotatable bonds is 5. The van der Waals surface area contributed by atoms with Gasteiger partial charge in [0.25, 0.3) is 0 Å². The van der Waals surface area contributed by atoms with Crippen LogP contribution in [0.4, 0.5) is 5.82 Å². The highest BCUT2D eigenvalue weighted by Crippen LogP contribution is 2.37. The number of nitrogens with zero attached hydrogens (tertiary/aromatic N) is 2. The van der Waals surface area contributed by atoms with E-state index in [9.17, 15) is 15.2 Å². The van der Waals surface area contributed by atoms with E-state index in [0.29, 0.717) is 22.6 Å². The van der Waals surface area contributed by atoms with E-state index in [2.05, 4.69) is 4.98 Å². The number of nitrogens with two attached hydrogens (primary N) is 1. The van der Waals surface area contributed by atoms with Gasteiger partial charge in [-0.3, -0.25) is 4.79 Å². The van der Waals surface area contributed by atoms with Gasteiger partial charge in [-0.1, -0.05) is 6.92 Å². The molecule has 1 unspecified atom stereocenters. The summed E-state index contributed by atoms with van der Waals surface area (Å²) in [4.78, 5) is 15.1. The standard InChI is InChI=1S/C17H17N3O4/c1-9(5-16(22)23)14-7-11(13(8-18)17(19)20-14)12-6-10(21)3-4-15(12)24-2/h3-4,6-7,9,21H,5H2,1-2H3,(H2,19,20)(H,22,23). The van der Waals surface area contributed by atoms with Gasteiger partial charge < -0.3 is 20.7 Å². The highest BCUT2D eigenvalue weighted by atomic mass is 16.5. The molecule has 1 aromatic heterocycles. The van der Waals surface area contributed by atoms with Gasteiger partial charge in [-0.05, 0) is 24.3 Å². The summed E-state index contributed by atoms with van der Waals surface area (Å²) in [6.07, 6.45) is -0.116. The highest BCUT2D eigenvalue weighted by Gasteiger charge is 2.20. The van der Waals surface area contributed by atoms with E-state index in [0.717, 1.165) is 0 Å². The molecular formula is C17H17N3O4. The van der Waals surface area contributed by atoms with Gasteiger partial charge in [-0.25, -0.2) is 4.98 Å². The Morgan fingerprint density at radius 3 is 2.71 bits per heavy atom. The zero-order chi connectivity index (χ0) is 17.9. The summed E-state index contributed by atoms with van der Waals surface area (Å²) >= 11 is 0. The molecule has 2 rings (SSSR count). The molecule has 0 spiro atoms. The Morgan fingerprint density at radius 2 is 2.12 bits per heavy atom. The first-order chi connectivity index (χ1) is 11.4. The van der Waals surface area contributed by atoms with Crippen molar-refractivity contribution < 1.29 is 19.7 Å². The summed E-state index contributed by atoms with van der Waals surface area (Å²) in [6, 6.07) is 8.11. The zero-order valence-electron chi connectivity index (χ0n) is 13.3. The maximum Gasteiger partial charge on any atom is 0.304 e. The Morgan fingerprint density at radius 1 is 1.42 bits per heavy atom. The molecule has 1 heterocycles. The Balaban J connectivity index is 2.69. The lowest BCUT2D eigenvalue weighted by Crippen LogP contribution is -2.08. The molecule has 4 N–H and O–H groups in total. The number of hydrogen-bond acceptors (Lipinski definition) is 6. The molecule has 24 heavy (non-hydrogen) atoms. The lowest BCUT2D eigenvalue weighted by atomic mass is 9.95. The van der Waals surface area contributed by atoms with Crippen molar-refractivity contribution in [2.24, 2.45) is 0 Å². The van der Waals surface area contributed by atoms with Gasteiger partial charge >= 0.3 is 5.97 Å². The third-order valence-corrected chi connectivity index (χ3v) is 3.64. The van der Waals surface area contributed by atoms with Gasteiger partial charge in [0, 0.05) is 22.7 Å². The fourth-order valence-electron chi connectivity index (χ4n) is 2.44. The summed E-state index contributed by atoms with van der Waals surface area (Å²) in [5.41, 5.74) is 7.39. The van der Waals surface area contributed by atoms with Crippen LogP contribution in [-0.4, -0.2) is 28.3 Å². The molecule has 0 bridgehead atoms. The van der Waals surface area contributed by atoms with E-state index in [1.165, 1.54) is 19.2 Å². The quantitative estimate of drug-likeness (QED) is 0.769. The number of phenols is 1. The van der Waals surface area contributed by atoms with Crippen LogP contribution >= 0.6 is 0 Å². The summed E-state index contributed by atoms with van der Waals surface area (Å²) in [5, 5.41) is 28.1. The fourth-order valence-corrected chi connectivity index (χ4v) is 2.44. The first-order valence-electron chi connectivity index (χ1n) is 7.17. The monoisotopic (exact) mass is 327 g/mol. The average molecular weight is 327 g/mol. The number of aromatic nitrogens is 1. The predicted molar refractivity (Wildman–Crippen MR) is 87.7 cm³/mol. The molecule has 0 aliphatic rings. The van der Waals surface area contributed by atoms with Crippen LogP contribution in [-0.2, 0) is 4.79 Å². The molecule has 2 aromatic rings. The first kappa shape index (κ1) is 17.1. The Bertz CT molecular complexity index is 827. The Labute approximate surface area is 138 Å². The number of carbonyl (C=O) groups is 1. The molecule has 7 heteroatoms. The van der Waals surface area contributed by atoms with Crippen LogP contribution in [0.1, 0.15) is 30.5 Å². The van der Waals surface area contributed by atoms with Crippen LogP contribution in [0.25, 0.3) is 11.1 Å². The van der Waals surface area contributed by atoms with Crippen LogP contribution in [0.15, 0.2) is 24.3 Å². The van der Waals surface area contributed by atoms with Crippen LogP contribution < -0.4 is 10.5 Å². The molecule has 0 saturated carbocycles. The third kappa shape index (κ3) is 3.38. The van der Waals surface area contributed by atoms with Gasteiger partial charge in [0.2, 0.25) is 0 Å². The average Bonchev–Trinajstić information content (AvgIpc) is 2.53. The summed E-state index contributed by atoms with van der Waals surface area (Å²) < 4.78 is 5.28. The lowest BCUT2D eigenvalue weighted by Gasteiger charge is -2.15. The number of aliphatic carboxylic acids is 1. The van der Waals surface area contributed by atoms with Crippen LogP contribution in [0.5, 0.6) is 11.5 Å². The van der Waals surface area contributed by atoms with Crippen molar-refractivity contribution in [3.63, 3.8) is 0 Å². The van der Waals surface area contributed by atoms with Crippen molar-refractivity contribution in [3.8, 4) is 28.7 Å². The second kappa shape index (κ2) is 6.87. The van der Waals surface area contributed by atoms with E-state index < -0.39 is 5.97 Å². The maximum absolute atomic E-state index is 10.9. The molecule has 0 aliphatic carbocycles. The number of anilines is 1. The molecular weight excluding hydrogens is 310 g/mol. The van der Waals surface area contributed by atoms with E-state index in [1.807, 2.05) is 6.07 Å². The van der Waals surface area contributed by atoms with Crippen LogP contribution in [0, 0.1) is 11.3 Å². The van der Waals surface area contributed by atoms with Gasteiger partial charge in [0.05, 0.1) is 13.5 Å². The number of nitriles is 1. The fraction of sp³-hybridized carbons (Fsp3) is 0.235. The third-order valence-electron chi connectivity index (χ3n) is 3.64. The number of aromatic hydroxyl groups is 1. The second-order valence-corrected chi connectivity index (χ2v) is 5.35. The van der Waals surface area contributed by atoms with Crippen molar-refractivity contribution in [2.75, 3.05) is 12.8 Å². The van der Waals surface area contributed by atoms with Gasteiger partial charge in [0.15, 0.2) is 0 Å². The largest absolute Gasteiger partial charge is 0.508 e. The van der Waals surface area contributed by atoms with Crippen molar-refractivity contribution in [3.05, 3.63) is 35.5 Å². The number of nitrogen functional groups attached to an aromatic ring is 1. The van der Waals surface area contributed by atoms with E-state index in [4.69, 9.17) is 15.6 Å².